The normalized spacial score (nSPS) is 26.7. The van der Waals surface area contributed by atoms with Crippen LogP contribution in [0.4, 0.5) is 5.69 Å². The average Bonchev–Trinajstić information content (AvgIpc) is 2.53. The van der Waals surface area contributed by atoms with Crippen molar-refractivity contribution in [2.45, 2.75) is 38.8 Å². The third-order valence-corrected chi connectivity index (χ3v) is 5.23. The SMILES string of the molecule is CCNCc1ccc(N2CCC3C(CCCN3C)C2)cc1. The van der Waals surface area contributed by atoms with E-state index in [2.05, 4.69) is 53.4 Å². The Balaban J connectivity index is 1.62. The molecule has 21 heavy (non-hydrogen) atoms. The Kier molecular flexibility index (Phi) is 4.81. The van der Waals surface area contributed by atoms with Gasteiger partial charge in [-0.05, 0) is 63.0 Å². The first kappa shape index (κ1) is 14.9. The highest BCUT2D eigenvalue weighted by molar-refractivity contribution is 5.48. The Bertz CT molecular complexity index is 442. The van der Waals surface area contributed by atoms with Gasteiger partial charge in [-0.3, -0.25) is 0 Å². The molecule has 3 nitrogen and oxygen atoms in total. The molecule has 2 atom stereocenters. The number of fused-ring (bicyclic) bond motifs is 1. The molecular weight excluding hydrogens is 258 g/mol. The highest BCUT2D eigenvalue weighted by Crippen LogP contribution is 2.31. The molecule has 0 aromatic heterocycles. The van der Waals surface area contributed by atoms with Gasteiger partial charge in [0.05, 0.1) is 0 Å². The van der Waals surface area contributed by atoms with Crippen molar-refractivity contribution in [3.05, 3.63) is 29.8 Å². The van der Waals surface area contributed by atoms with Crippen molar-refractivity contribution >= 4 is 5.69 Å². The van der Waals surface area contributed by atoms with Crippen molar-refractivity contribution in [1.29, 1.82) is 0 Å². The summed E-state index contributed by atoms with van der Waals surface area (Å²) in [4.78, 5) is 5.18. The van der Waals surface area contributed by atoms with Crippen LogP contribution in [0.2, 0.25) is 0 Å². The maximum absolute atomic E-state index is 3.39. The number of rotatable bonds is 4. The second-order valence-electron chi connectivity index (χ2n) is 6.63. The summed E-state index contributed by atoms with van der Waals surface area (Å²) in [7, 11) is 2.31. The molecule has 3 rings (SSSR count). The first-order valence-electron chi connectivity index (χ1n) is 8.52. The third kappa shape index (κ3) is 3.41. The summed E-state index contributed by atoms with van der Waals surface area (Å²) in [6, 6.07) is 9.98. The average molecular weight is 287 g/mol. The molecular formula is C18H29N3. The largest absolute Gasteiger partial charge is 0.371 e. The zero-order valence-electron chi connectivity index (χ0n) is 13.5. The third-order valence-electron chi connectivity index (χ3n) is 5.23. The van der Waals surface area contributed by atoms with Gasteiger partial charge in [0.2, 0.25) is 0 Å². The minimum Gasteiger partial charge on any atom is -0.371 e. The van der Waals surface area contributed by atoms with Crippen LogP contribution in [0.3, 0.4) is 0 Å². The zero-order chi connectivity index (χ0) is 14.7. The Labute approximate surface area is 129 Å². The van der Waals surface area contributed by atoms with E-state index in [0.29, 0.717) is 0 Å². The minimum atomic E-state index is 0.822. The van der Waals surface area contributed by atoms with E-state index in [1.165, 1.54) is 50.1 Å². The molecule has 1 aromatic carbocycles. The predicted octanol–water partition coefficient (Wildman–Crippen LogP) is 2.72. The van der Waals surface area contributed by atoms with Crippen LogP contribution in [0.5, 0.6) is 0 Å². The van der Waals surface area contributed by atoms with E-state index in [1.807, 2.05) is 0 Å². The molecule has 2 saturated heterocycles. The summed E-state index contributed by atoms with van der Waals surface area (Å²) >= 11 is 0. The fourth-order valence-electron chi connectivity index (χ4n) is 3.98. The van der Waals surface area contributed by atoms with Crippen LogP contribution in [-0.2, 0) is 6.54 Å². The first-order chi connectivity index (χ1) is 10.3. The topological polar surface area (TPSA) is 18.5 Å². The van der Waals surface area contributed by atoms with Crippen molar-refractivity contribution < 1.29 is 0 Å². The summed E-state index contributed by atoms with van der Waals surface area (Å²) in [6.45, 7) is 7.90. The number of nitrogens with zero attached hydrogens (tertiary/aromatic N) is 2. The molecule has 116 valence electrons. The molecule has 2 heterocycles. The number of piperidine rings is 2. The first-order valence-corrected chi connectivity index (χ1v) is 8.52. The summed E-state index contributed by atoms with van der Waals surface area (Å²) in [5.41, 5.74) is 2.79. The van der Waals surface area contributed by atoms with E-state index >= 15 is 0 Å². The molecule has 0 radical (unpaired) electrons. The van der Waals surface area contributed by atoms with Gasteiger partial charge in [0.25, 0.3) is 0 Å². The van der Waals surface area contributed by atoms with Crippen LogP contribution in [0.1, 0.15) is 31.7 Å². The van der Waals surface area contributed by atoms with Crippen LogP contribution >= 0.6 is 0 Å². The minimum absolute atomic E-state index is 0.822. The molecule has 0 amide bonds. The number of benzene rings is 1. The second kappa shape index (κ2) is 6.80. The highest BCUT2D eigenvalue weighted by atomic mass is 15.2. The van der Waals surface area contributed by atoms with Gasteiger partial charge in [0, 0.05) is 31.4 Å². The second-order valence-corrected chi connectivity index (χ2v) is 6.63. The maximum Gasteiger partial charge on any atom is 0.0366 e. The molecule has 1 N–H and O–H groups in total. The van der Waals surface area contributed by atoms with Crippen LogP contribution in [0.15, 0.2) is 24.3 Å². The van der Waals surface area contributed by atoms with Gasteiger partial charge in [-0.2, -0.15) is 0 Å². The number of hydrogen-bond acceptors (Lipinski definition) is 3. The van der Waals surface area contributed by atoms with Crippen molar-refractivity contribution in [2.75, 3.05) is 38.1 Å². The van der Waals surface area contributed by atoms with Crippen LogP contribution < -0.4 is 10.2 Å². The monoisotopic (exact) mass is 287 g/mol. The lowest BCUT2D eigenvalue weighted by atomic mass is 9.84. The molecule has 0 bridgehead atoms. The summed E-state index contributed by atoms with van der Waals surface area (Å²) < 4.78 is 0. The van der Waals surface area contributed by atoms with Gasteiger partial charge in [-0.15, -0.1) is 0 Å². The van der Waals surface area contributed by atoms with Gasteiger partial charge in [0.1, 0.15) is 0 Å². The van der Waals surface area contributed by atoms with E-state index in [-0.39, 0.29) is 0 Å². The summed E-state index contributed by atoms with van der Waals surface area (Å²) in [6.07, 6.45) is 4.09. The lowest BCUT2D eigenvalue weighted by Crippen LogP contribution is -2.52. The number of anilines is 1. The fourth-order valence-corrected chi connectivity index (χ4v) is 3.98. The van der Waals surface area contributed by atoms with E-state index in [1.54, 1.807) is 0 Å². The zero-order valence-corrected chi connectivity index (χ0v) is 13.5. The molecule has 2 aliphatic heterocycles. The van der Waals surface area contributed by atoms with E-state index in [4.69, 9.17) is 0 Å². The molecule has 0 aliphatic carbocycles. The quantitative estimate of drug-likeness (QED) is 0.918. The maximum atomic E-state index is 3.39. The Morgan fingerprint density at radius 2 is 1.95 bits per heavy atom. The van der Waals surface area contributed by atoms with Gasteiger partial charge in [-0.25, -0.2) is 0 Å². The van der Waals surface area contributed by atoms with Crippen LogP contribution in [-0.4, -0.2) is 44.2 Å². The number of hydrogen-bond donors (Lipinski definition) is 1. The lowest BCUT2D eigenvalue weighted by molar-refractivity contribution is 0.102. The highest BCUT2D eigenvalue weighted by Gasteiger charge is 2.34. The molecule has 2 aliphatic rings. The van der Waals surface area contributed by atoms with Crippen molar-refractivity contribution in [2.24, 2.45) is 5.92 Å². The van der Waals surface area contributed by atoms with E-state index in [0.717, 1.165) is 25.0 Å². The summed E-state index contributed by atoms with van der Waals surface area (Å²) in [5, 5.41) is 3.39. The Morgan fingerprint density at radius 3 is 2.71 bits per heavy atom. The molecule has 1 aromatic rings. The van der Waals surface area contributed by atoms with Gasteiger partial charge in [0.15, 0.2) is 0 Å². The van der Waals surface area contributed by atoms with Gasteiger partial charge < -0.3 is 15.1 Å². The molecule has 3 heteroatoms. The molecule has 2 unspecified atom stereocenters. The summed E-state index contributed by atoms with van der Waals surface area (Å²) in [5.74, 6) is 0.860. The van der Waals surface area contributed by atoms with E-state index in [9.17, 15) is 0 Å². The molecule has 2 fully saturated rings. The number of likely N-dealkylation sites (tertiary alicyclic amines) is 1. The van der Waals surface area contributed by atoms with E-state index < -0.39 is 0 Å². The standard InChI is InChI=1S/C18H29N3/c1-3-19-13-15-6-8-17(9-7-15)21-12-10-18-16(14-21)5-4-11-20(18)2/h6-9,16,18-19H,3-5,10-14H2,1-2H3. The number of nitrogens with one attached hydrogen (secondary N) is 1. The van der Waals surface area contributed by atoms with Crippen LogP contribution in [0.25, 0.3) is 0 Å². The molecule has 0 spiro atoms. The van der Waals surface area contributed by atoms with Crippen molar-refractivity contribution in [1.82, 2.24) is 10.2 Å². The van der Waals surface area contributed by atoms with Crippen molar-refractivity contribution in [3.8, 4) is 0 Å². The Hall–Kier alpha value is -1.06. The smallest absolute Gasteiger partial charge is 0.0366 e. The Morgan fingerprint density at radius 1 is 1.14 bits per heavy atom. The van der Waals surface area contributed by atoms with Crippen molar-refractivity contribution in [3.63, 3.8) is 0 Å². The fraction of sp³-hybridized carbons (Fsp3) is 0.667. The van der Waals surface area contributed by atoms with Crippen LogP contribution in [0, 0.1) is 5.92 Å². The lowest BCUT2D eigenvalue weighted by Gasteiger charge is -2.46. The van der Waals surface area contributed by atoms with Gasteiger partial charge >= 0.3 is 0 Å². The molecule has 0 saturated carbocycles. The predicted molar refractivity (Wildman–Crippen MR) is 89.8 cm³/mol. The van der Waals surface area contributed by atoms with Gasteiger partial charge in [-0.1, -0.05) is 19.1 Å².